The van der Waals surface area contributed by atoms with E-state index in [1.54, 1.807) is 6.07 Å². The predicted molar refractivity (Wildman–Crippen MR) is 73.2 cm³/mol. The second kappa shape index (κ2) is 4.35. The maximum absolute atomic E-state index is 11.2. The minimum atomic E-state index is -1.03. The SMILES string of the molecule is CC(C)(Nc1c(Cl)cc(N)cc1C(=O)O)C1CC1. The Hall–Kier alpha value is -1.42. The molecule has 18 heavy (non-hydrogen) atoms. The van der Waals surface area contributed by atoms with E-state index in [9.17, 15) is 9.90 Å². The number of anilines is 2. The van der Waals surface area contributed by atoms with E-state index in [4.69, 9.17) is 17.3 Å². The van der Waals surface area contributed by atoms with Crippen LogP contribution in [-0.2, 0) is 0 Å². The lowest BCUT2D eigenvalue weighted by atomic mass is 9.97. The summed E-state index contributed by atoms with van der Waals surface area (Å²) in [5.41, 5.74) is 6.39. The molecule has 0 aromatic heterocycles. The maximum atomic E-state index is 11.2. The van der Waals surface area contributed by atoms with E-state index in [0.717, 1.165) is 12.8 Å². The third kappa shape index (κ3) is 2.53. The Morgan fingerprint density at radius 2 is 2.11 bits per heavy atom. The zero-order valence-electron chi connectivity index (χ0n) is 10.5. The molecule has 4 N–H and O–H groups in total. The van der Waals surface area contributed by atoms with Crippen LogP contribution in [0.4, 0.5) is 11.4 Å². The number of carboxylic acids is 1. The first-order valence-corrected chi connectivity index (χ1v) is 6.29. The smallest absolute Gasteiger partial charge is 0.337 e. The molecule has 0 saturated heterocycles. The van der Waals surface area contributed by atoms with Crippen LogP contribution >= 0.6 is 11.6 Å². The number of hydrogen-bond acceptors (Lipinski definition) is 3. The van der Waals surface area contributed by atoms with Gasteiger partial charge in [0.05, 0.1) is 16.3 Å². The van der Waals surface area contributed by atoms with E-state index < -0.39 is 5.97 Å². The van der Waals surface area contributed by atoms with Gasteiger partial charge in [0.1, 0.15) is 0 Å². The number of carboxylic acid groups (broad SMARTS) is 1. The fourth-order valence-electron chi connectivity index (χ4n) is 2.15. The standard InChI is InChI=1S/C13H17ClN2O2/c1-13(2,7-3-4-7)16-11-9(12(17)18)5-8(15)6-10(11)14/h5-7,16H,3-4,15H2,1-2H3,(H,17,18). The number of rotatable bonds is 4. The molecular formula is C13H17ClN2O2. The predicted octanol–water partition coefficient (Wildman–Crippen LogP) is 3.22. The number of nitrogen functional groups attached to an aromatic ring is 1. The average molecular weight is 269 g/mol. The van der Waals surface area contributed by atoms with Gasteiger partial charge < -0.3 is 16.2 Å². The molecule has 98 valence electrons. The summed E-state index contributed by atoms with van der Waals surface area (Å²) in [5.74, 6) is -0.467. The van der Waals surface area contributed by atoms with Crippen LogP contribution in [0.25, 0.3) is 0 Å². The van der Waals surface area contributed by atoms with Gasteiger partial charge in [0.25, 0.3) is 0 Å². The number of aromatic carboxylic acids is 1. The molecule has 0 aliphatic heterocycles. The van der Waals surface area contributed by atoms with E-state index in [-0.39, 0.29) is 11.1 Å². The van der Waals surface area contributed by atoms with Crippen LogP contribution in [0.5, 0.6) is 0 Å². The lowest BCUT2D eigenvalue weighted by Crippen LogP contribution is -2.34. The largest absolute Gasteiger partial charge is 0.478 e. The summed E-state index contributed by atoms with van der Waals surface area (Å²) in [6.45, 7) is 4.12. The summed E-state index contributed by atoms with van der Waals surface area (Å²) < 4.78 is 0. The Bertz CT molecular complexity index is 496. The average Bonchev–Trinajstić information content (AvgIpc) is 3.04. The van der Waals surface area contributed by atoms with Crippen LogP contribution in [-0.4, -0.2) is 16.6 Å². The molecule has 1 aliphatic carbocycles. The number of benzene rings is 1. The van der Waals surface area contributed by atoms with Crippen LogP contribution < -0.4 is 11.1 Å². The van der Waals surface area contributed by atoms with Crippen LogP contribution in [0.1, 0.15) is 37.0 Å². The van der Waals surface area contributed by atoms with Gasteiger partial charge >= 0.3 is 5.97 Å². The molecule has 1 aromatic rings. The van der Waals surface area contributed by atoms with Gasteiger partial charge in [0.15, 0.2) is 0 Å². The Morgan fingerprint density at radius 3 is 2.61 bits per heavy atom. The highest BCUT2D eigenvalue weighted by molar-refractivity contribution is 6.34. The van der Waals surface area contributed by atoms with Gasteiger partial charge in [-0.1, -0.05) is 11.6 Å². The van der Waals surface area contributed by atoms with Gasteiger partial charge in [0.2, 0.25) is 0 Å². The van der Waals surface area contributed by atoms with E-state index in [0.29, 0.717) is 22.3 Å². The van der Waals surface area contributed by atoms with Crippen molar-refractivity contribution in [1.82, 2.24) is 0 Å². The quantitative estimate of drug-likeness (QED) is 0.733. The van der Waals surface area contributed by atoms with E-state index in [2.05, 4.69) is 19.2 Å². The lowest BCUT2D eigenvalue weighted by Gasteiger charge is -2.29. The summed E-state index contributed by atoms with van der Waals surface area (Å²) in [4.78, 5) is 11.2. The van der Waals surface area contributed by atoms with Crippen molar-refractivity contribution < 1.29 is 9.90 Å². The highest BCUT2D eigenvalue weighted by Crippen LogP contribution is 2.43. The number of hydrogen-bond donors (Lipinski definition) is 3. The van der Waals surface area contributed by atoms with E-state index in [1.807, 2.05) is 0 Å². The topological polar surface area (TPSA) is 75.3 Å². The molecule has 0 atom stereocenters. The lowest BCUT2D eigenvalue weighted by molar-refractivity contribution is 0.0698. The van der Waals surface area contributed by atoms with Gasteiger partial charge in [-0.2, -0.15) is 0 Å². The van der Waals surface area contributed by atoms with Crippen molar-refractivity contribution in [1.29, 1.82) is 0 Å². The molecule has 1 saturated carbocycles. The zero-order chi connectivity index (χ0) is 13.5. The molecule has 1 aliphatic rings. The Morgan fingerprint density at radius 1 is 1.50 bits per heavy atom. The summed E-state index contributed by atoms with van der Waals surface area (Å²) in [6, 6.07) is 3.00. The summed E-state index contributed by atoms with van der Waals surface area (Å²) in [6.07, 6.45) is 2.32. The highest BCUT2D eigenvalue weighted by Gasteiger charge is 2.38. The van der Waals surface area contributed by atoms with Gasteiger partial charge in [0, 0.05) is 11.2 Å². The molecule has 2 rings (SSSR count). The van der Waals surface area contributed by atoms with Crippen molar-refractivity contribution in [2.45, 2.75) is 32.2 Å². The number of nitrogens with two attached hydrogens (primary N) is 1. The molecular weight excluding hydrogens is 252 g/mol. The van der Waals surface area contributed by atoms with Gasteiger partial charge in [-0.05, 0) is 44.7 Å². The van der Waals surface area contributed by atoms with E-state index >= 15 is 0 Å². The second-order valence-electron chi connectivity index (χ2n) is 5.35. The Labute approximate surface area is 111 Å². The van der Waals surface area contributed by atoms with Crippen molar-refractivity contribution in [2.75, 3.05) is 11.1 Å². The van der Waals surface area contributed by atoms with Crippen LogP contribution in [0, 0.1) is 5.92 Å². The normalized spacial score (nSPS) is 15.5. The highest BCUT2D eigenvalue weighted by atomic mass is 35.5. The summed E-state index contributed by atoms with van der Waals surface area (Å²) in [5, 5.41) is 12.8. The first-order chi connectivity index (χ1) is 8.31. The molecule has 0 unspecified atom stereocenters. The Balaban J connectivity index is 2.39. The fraction of sp³-hybridized carbons (Fsp3) is 0.462. The monoisotopic (exact) mass is 268 g/mol. The molecule has 1 fully saturated rings. The minimum Gasteiger partial charge on any atom is -0.478 e. The van der Waals surface area contributed by atoms with Crippen LogP contribution in [0.3, 0.4) is 0 Å². The van der Waals surface area contributed by atoms with Crippen LogP contribution in [0.15, 0.2) is 12.1 Å². The number of nitrogens with one attached hydrogen (secondary N) is 1. The molecule has 5 heteroatoms. The first kappa shape index (κ1) is 13.0. The van der Waals surface area contributed by atoms with Crippen molar-refractivity contribution >= 4 is 28.9 Å². The maximum Gasteiger partial charge on any atom is 0.337 e. The van der Waals surface area contributed by atoms with Crippen molar-refractivity contribution in [3.63, 3.8) is 0 Å². The fourth-order valence-corrected chi connectivity index (χ4v) is 2.43. The molecule has 1 aromatic carbocycles. The third-order valence-electron chi connectivity index (χ3n) is 3.39. The minimum absolute atomic E-state index is 0.119. The van der Waals surface area contributed by atoms with Crippen molar-refractivity contribution in [2.24, 2.45) is 5.92 Å². The number of halogens is 1. The zero-order valence-corrected chi connectivity index (χ0v) is 11.2. The van der Waals surface area contributed by atoms with E-state index in [1.165, 1.54) is 6.07 Å². The van der Waals surface area contributed by atoms with Gasteiger partial charge in [-0.15, -0.1) is 0 Å². The molecule has 0 spiro atoms. The summed E-state index contributed by atoms with van der Waals surface area (Å²) >= 11 is 6.10. The van der Waals surface area contributed by atoms with Crippen LogP contribution in [0.2, 0.25) is 5.02 Å². The molecule has 0 heterocycles. The molecule has 0 bridgehead atoms. The van der Waals surface area contributed by atoms with Gasteiger partial charge in [-0.25, -0.2) is 4.79 Å². The second-order valence-corrected chi connectivity index (χ2v) is 5.76. The molecule has 4 nitrogen and oxygen atoms in total. The molecule has 0 radical (unpaired) electrons. The molecule has 0 amide bonds. The first-order valence-electron chi connectivity index (χ1n) is 5.92. The Kier molecular flexibility index (Phi) is 3.15. The summed E-state index contributed by atoms with van der Waals surface area (Å²) in [7, 11) is 0. The third-order valence-corrected chi connectivity index (χ3v) is 3.69. The van der Waals surface area contributed by atoms with Crippen molar-refractivity contribution in [3.05, 3.63) is 22.7 Å². The van der Waals surface area contributed by atoms with Crippen molar-refractivity contribution in [3.8, 4) is 0 Å². The number of carbonyl (C=O) groups is 1. The van der Waals surface area contributed by atoms with Gasteiger partial charge in [-0.3, -0.25) is 0 Å².